The summed E-state index contributed by atoms with van der Waals surface area (Å²) in [7, 11) is -3.81. The number of carbonyl (C=O) groups is 2. The summed E-state index contributed by atoms with van der Waals surface area (Å²) in [5, 5.41) is 3.72. The monoisotopic (exact) mass is 619 g/mol. The normalized spacial score (nSPS) is 13.1. The molecule has 0 aliphatic rings. The summed E-state index contributed by atoms with van der Waals surface area (Å²) >= 11 is 15.8. The van der Waals surface area contributed by atoms with Gasteiger partial charge in [0, 0.05) is 27.1 Å². The van der Waals surface area contributed by atoms with Gasteiger partial charge in [0.2, 0.25) is 21.8 Å². The van der Waals surface area contributed by atoms with Crippen LogP contribution in [0.25, 0.3) is 0 Å². The van der Waals surface area contributed by atoms with Crippen LogP contribution in [0.5, 0.6) is 0 Å². The number of carbonyl (C=O) groups excluding carboxylic acids is 2. The van der Waals surface area contributed by atoms with E-state index in [1.54, 1.807) is 43.3 Å². The average Bonchev–Trinajstić information content (AvgIpc) is 2.79. The Morgan fingerprint density at radius 2 is 1.75 bits per heavy atom. The number of hydrogen-bond acceptors (Lipinski definition) is 4. The number of nitrogens with one attached hydrogen (secondary N) is 1. The minimum atomic E-state index is -3.81. The predicted molar refractivity (Wildman–Crippen MR) is 150 cm³/mol. The SMILES string of the molecule is CC[C@H](C(=O)N[C@@H](C)CC)N(Cc1ccc(Cl)cc1Cl)C(=O)CN(c1ccc(Br)c(C)c1)S(C)(=O)=O. The van der Waals surface area contributed by atoms with Gasteiger partial charge in [0.15, 0.2) is 0 Å². The molecule has 2 aromatic rings. The fraction of sp³-hybridized carbons (Fsp3) is 0.440. The molecule has 11 heteroatoms. The first-order chi connectivity index (χ1) is 16.8. The third kappa shape index (κ3) is 8.10. The maximum Gasteiger partial charge on any atom is 0.244 e. The molecule has 2 atom stereocenters. The lowest BCUT2D eigenvalue weighted by Gasteiger charge is -2.33. The molecule has 7 nitrogen and oxygen atoms in total. The number of halogens is 3. The minimum absolute atomic E-state index is 0.0121. The first kappa shape index (κ1) is 30.4. The van der Waals surface area contributed by atoms with E-state index in [1.807, 2.05) is 20.8 Å². The number of rotatable bonds is 11. The number of anilines is 1. The van der Waals surface area contributed by atoms with Gasteiger partial charge in [-0.1, -0.05) is 59.0 Å². The topological polar surface area (TPSA) is 86.8 Å². The van der Waals surface area contributed by atoms with Gasteiger partial charge in [0.25, 0.3) is 0 Å². The van der Waals surface area contributed by atoms with E-state index < -0.39 is 28.5 Å². The number of aryl methyl sites for hydroxylation is 1. The number of hydrogen-bond donors (Lipinski definition) is 1. The molecule has 0 aliphatic carbocycles. The zero-order chi connectivity index (χ0) is 27.2. The second kappa shape index (κ2) is 13.1. The predicted octanol–water partition coefficient (Wildman–Crippen LogP) is 5.55. The molecule has 2 rings (SSSR count). The summed E-state index contributed by atoms with van der Waals surface area (Å²) in [5.41, 5.74) is 1.76. The highest BCUT2D eigenvalue weighted by Crippen LogP contribution is 2.27. The van der Waals surface area contributed by atoms with Crippen molar-refractivity contribution in [2.45, 2.75) is 59.2 Å². The van der Waals surface area contributed by atoms with Gasteiger partial charge in [-0.05, 0) is 68.1 Å². The van der Waals surface area contributed by atoms with Crippen LogP contribution in [-0.2, 0) is 26.2 Å². The largest absolute Gasteiger partial charge is 0.352 e. The Hall–Kier alpha value is -1.81. The first-order valence-electron chi connectivity index (χ1n) is 11.6. The molecular formula is C25H32BrCl2N3O4S. The second-order valence-electron chi connectivity index (χ2n) is 8.70. The molecular weight excluding hydrogens is 589 g/mol. The summed E-state index contributed by atoms with van der Waals surface area (Å²) < 4.78 is 27.3. The zero-order valence-corrected chi connectivity index (χ0v) is 24.9. The third-order valence-corrected chi connectivity index (χ3v) is 8.47. The summed E-state index contributed by atoms with van der Waals surface area (Å²) in [5.74, 6) is -0.839. The summed E-state index contributed by atoms with van der Waals surface area (Å²) in [6.07, 6.45) is 2.10. The van der Waals surface area contributed by atoms with Crippen molar-refractivity contribution < 1.29 is 18.0 Å². The molecule has 0 unspecified atom stereocenters. The standard InChI is InChI=1S/C25H32BrCl2N3O4S/c1-6-17(4)29-25(33)23(7-2)30(14-18-8-9-19(27)13-22(18)28)24(32)15-31(36(5,34)35)20-10-11-21(26)16(3)12-20/h8-13,17,23H,6-7,14-15H2,1-5H3,(H,29,33)/t17-,23+/m0/s1. The van der Waals surface area contributed by atoms with Crippen LogP contribution < -0.4 is 9.62 Å². The van der Waals surface area contributed by atoms with Gasteiger partial charge in [-0.2, -0.15) is 0 Å². The molecule has 0 aromatic heterocycles. The Labute approximate surface area is 232 Å². The lowest BCUT2D eigenvalue weighted by molar-refractivity contribution is -0.140. The van der Waals surface area contributed by atoms with Gasteiger partial charge in [0.05, 0.1) is 11.9 Å². The van der Waals surface area contributed by atoms with Crippen LogP contribution in [0.15, 0.2) is 40.9 Å². The van der Waals surface area contributed by atoms with Crippen molar-refractivity contribution >= 4 is 66.7 Å². The van der Waals surface area contributed by atoms with Gasteiger partial charge in [-0.3, -0.25) is 13.9 Å². The van der Waals surface area contributed by atoms with Crippen LogP contribution >= 0.6 is 39.1 Å². The Bertz CT molecular complexity index is 1210. The summed E-state index contributed by atoms with van der Waals surface area (Å²) in [6.45, 7) is 7.01. The fourth-order valence-electron chi connectivity index (χ4n) is 3.59. The zero-order valence-electron chi connectivity index (χ0n) is 21.0. The molecule has 0 bridgehead atoms. The van der Waals surface area contributed by atoms with E-state index in [9.17, 15) is 18.0 Å². The van der Waals surface area contributed by atoms with Crippen molar-refractivity contribution in [1.29, 1.82) is 0 Å². The van der Waals surface area contributed by atoms with Crippen LogP contribution in [0.1, 0.15) is 44.7 Å². The minimum Gasteiger partial charge on any atom is -0.352 e. The van der Waals surface area contributed by atoms with Crippen molar-refractivity contribution in [2.24, 2.45) is 0 Å². The third-order valence-electron chi connectivity index (χ3n) is 5.85. The number of amides is 2. The van der Waals surface area contributed by atoms with E-state index in [-0.39, 0.29) is 18.5 Å². The molecule has 0 radical (unpaired) electrons. The lowest BCUT2D eigenvalue weighted by atomic mass is 10.1. The van der Waals surface area contributed by atoms with Crippen LogP contribution in [0, 0.1) is 6.92 Å². The molecule has 36 heavy (non-hydrogen) atoms. The first-order valence-corrected chi connectivity index (χ1v) is 15.0. The van der Waals surface area contributed by atoms with E-state index in [0.717, 1.165) is 27.0 Å². The molecule has 0 aliphatic heterocycles. The van der Waals surface area contributed by atoms with Crippen molar-refractivity contribution in [3.63, 3.8) is 0 Å². The van der Waals surface area contributed by atoms with E-state index in [2.05, 4.69) is 21.2 Å². The van der Waals surface area contributed by atoms with Crippen molar-refractivity contribution in [3.8, 4) is 0 Å². The van der Waals surface area contributed by atoms with Gasteiger partial charge in [-0.25, -0.2) is 8.42 Å². The van der Waals surface area contributed by atoms with Crippen LogP contribution in [0.4, 0.5) is 5.69 Å². The second-order valence-corrected chi connectivity index (χ2v) is 12.3. The smallest absolute Gasteiger partial charge is 0.244 e. The van der Waals surface area contributed by atoms with Gasteiger partial charge >= 0.3 is 0 Å². The average molecular weight is 621 g/mol. The Kier molecular flexibility index (Phi) is 11.1. The molecule has 0 saturated carbocycles. The Morgan fingerprint density at radius 3 is 2.28 bits per heavy atom. The van der Waals surface area contributed by atoms with E-state index in [1.165, 1.54) is 4.90 Å². The molecule has 2 aromatic carbocycles. The molecule has 0 saturated heterocycles. The fourth-order valence-corrected chi connectivity index (χ4v) is 5.15. The Balaban J connectivity index is 2.50. The van der Waals surface area contributed by atoms with E-state index in [0.29, 0.717) is 27.7 Å². The molecule has 1 N–H and O–H groups in total. The van der Waals surface area contributed by atoms with Crippen LogP contribution in [-0.4, -0.2) is 50.0 Å². The molecule has 0 heterocycles. The highest BCUT2D eigenvalue weighted by molar-refractivity contribution is 9.10. The number of benzene rings is 2. The van der Waals surface area contributed by atoms with Gasteiger partial charge < -0.3 is 10.2 Å². The highest BCUT2D eigenvalue weighted by Gasteiger charge is 2.32. The van der Waals surface area contributed by atoms with E-state index in [4.69, 9.17) is 23.2 Å². The van der Waals surface area contributed by atoms with Crippen molar-refractivity contribution in [3.05, 3.63) is 62.0 Å². The summed E-state index contributed by atoms with van der Waals surface area (Å²) in [6, 6.07) is 9.04. The molecule has 0 fully saturated rings. The molecule has 198 valence electrons. The number of nitrogens with zero attached hydrogens (tertiary/aromatic N) is 2. The quantitative estimate of drug-likeness (QED) is 0.357. The highest BCUT2D eigenvalue weighted by atomic mass is 79.9. The van der Waals surface area contributed by atoms with Crippen molar-refractivity contribution in [2.75, 3.05) is 17.1 Å². The van der Waals surface area contributed by atoms with Crippen molar-refractivity contribution in [1.82, 2.24) is 10.2 Å². The maximum absolute atomic E-state index is 13.7. The Morgan fingerprint density at radius 1 is 1.08 bits per heavy atom. The molecule has 2 amide bonds. The number of sulfonamides is 1. The van der Waals surface area contributed by atoms with Gasteiger partial charge in [0.1, 0.15) is 12.6 Å². The summed E-state index contributed by atoms with van der Waals surface area (Å²) in [4.78, 5) is 28.3. The maximum atomic E-state index is 13.7. The van der Waals surface area contributed by atoms with Crippen LogP contribution in [0.2, 0.25) is 10.0 Å². The lowest BCUT2D eigenvalue weighted by Crippen LogP contribution is -2.53. The van der Waals surface area contributed by atoms with E-state index >= 15 is 0 Å². The van der Waals surface area contributed by atoms with Crippen LogP contribution in [0.3, 0.4) is 0 Å². The molecule has 0 spiro atoms. The van der Waals surface area contributed by atoms with Gasteiger partial charge in [-0.15, -0.1) is 0 Å².